The third-order valence-corrected chi connectivity index (χ3v) is 6.45. The van der Waals surface area contributed by atoms with Gasteiger partial charge < -0.3 is 20.4 Å². The number of rotatable bonds is 4. The van der Waals surface area contributed by atoms with E-state index in [2.05, 4.69) is 17.6 Å². The average Bonchev–Trinajstić information content (AvgIpc) is 2.77. The molecule has 4 amide bonds. The summed E-state index contributed by atoms with van der Waals surface area (Å²) in [6.07, 6.45) is 4.50. The molecule has 2 atom stereocenters. The van der Waals surface area contributed by atoms with E-state index in [0.717, 1.165) is 25.8 Å². The monoisotopic (exact) mass is 442 g/mol. The normalized spacial score (nSPS) is 21.1. The molecule has 1 aromatic carbocycles. The predicted octanol–water partition coefficient (Wildman–Crippen LogP) is 3.41. The third-order valence-electron chi connectivity index (χ3n) is 6.45. The molecule has 176 valence electrons. The first-order chi connectivity index (χ1) is 15.2. The topological polar surface area (TPSA) is 81.8 Å². The SMILES string of the molecule is CC1CCCCN1C(=O)C(NC(=O)c1ccccc1)C1CCN(C(=O)NC(C)(C)C)CC1. The van der Waals surface area contributed by atoms with E-state index >= 15 is 0 Å². The van der Waals surface area contributed by atoms with Crippen LogP contribution in [-0.4, -0.2) is 64.9 Å². The number of benzene rings is 1. The van der Waals surface area contributed by atoms with Crippen molar-refractivity contribution in [2.45, 2.75) is 77.4 Å². The molecule has 2 fully saturated rings. The molecule has 0 spiro atoms. The van der Waals surface area contributed by atoms with Crippen LogP contribution in [0.15, 0.2) is 30.3 Å². The van der Waals surface area contributed by atoms with E-state index in [1.807, 2.05) is 48.8 Å². The van der Waals surface area contributed by atoms with Crippen LogP contribution in [0.25, 0.3) is 0 Å². The summed E-state index contributed by atoms with van der Waals surface area (Å²) < 4.78 is 0. The van der Waals surface area contributed by atoms with Crippen molar-refractivity contribution in [1.82, 2.24) is 20.4 Å². The van der Waals surface area contributed by atoms with Crippen LogP contribution in [0.3, 0.4) is 0 Å². The quantitative estimate of drug-likeness (QED) is 0.750. The van der Waals surface area contributed by atoms with Crippen LogP contribution in [0.2, 0.25) is 0 Å². The Kier molecular flexibility index (Phi) is 7.80. The summed E-state index contributed by atoms with van der Waals surface area (Å²) in [5.74, 6) is -0.205. The van der Waals surface area contributed by atoms with Gasteiger partial charge >= 0.3 is 6.03 Å². The molecule has 7 nitrogen and oxygen atoms in total. The standard InChI is InChI=1S/C25H38N4O3/c1-18-10-8-9-15-29(18)23(31)21(26-22(30)20-11-6-5-7-12-20)19-13-16-28(17-14-19)24(32)27-25(2,3)4/h5-7,11-12,18-19,21H,8-10,13-17H2,1-4H3,(H,26,30)(H,27,32). The second kappa shape index (κ2) is 10.4. The minimum Gasteiger partial charge on any atom is -0.340 e. The Hall–Kier alpha value is -2.57. The lowest BCUT2D eigenvalue weighted by molar-refractivity contribution is -0.138. The van der Waals surface area contributed by atoms with Crippen molar-refractivity contribution in [1.29, 1.82) is 0 Å². The van der Waals surface area contributed by atoms with Gasteiger partial charge in [-0.05, 0) is 77.8 Å². The molecule has 2 heterocycles. The largest absolute Gasteiger partial charge is 0.340 e. The van der Waals surface area contributed by atoms with Crippen LogP contribution in [0.5, 0.6) is 0 Å². The fourth-order valence-electron chi connectivity index (χ4n) is 4.64. The summed E-state index contributed by atoms with van der Waals surface area (Å²) in [6.45, 7) is 9.87. The van der Waals surface area contributed by atoms with Crippen LogP contribution in [0.1, 0.15) is 70.2 Å². The summed E-state index contributed by atoms with van der Waals surface area (Å²) in [4.78, 5) is 42.8. The molecule has 2 saturated heterocycles. The number of carbonyl (C=O) groups excluding carboxylic acids is 3. The van der Waals surface area contributed by atoms with Crippen LogP contribution in [0.4, 0.5) is 4.79 Å². The third kappa shape index (κ3) is 6.24. The fraction of sp³-hybridized carbons (Fsp3) is 0.640. The Bertz CT molecular complexity index is 797. The van der Waals surface area contributed by atoms with Crippen molar-refractivity contribution in [3.63, 3.8) is 0 Å². The minimum atomic E-state index is -0.573. The molecular formula is C25H38N4O3. The van der Waals surface area contributed by atoms with Crippen molar-refractivity contribution >= 4 is 17.8 Å². The molecule has 3 rings (SSSR count). The molecule has 2 aliphatic rings. The predicted molar refractivity (Wildman–Crippen MR) is 125 cm³/mol. The number of nitrogens with one attached hydrogen (secondary N) is 2. The van der Waals surface area contributed by atoms with Crippen molar-refractivity contribution in [3.8, 4) is 0 Å². The zero-order chi connectivity index (χ0) is 23.3. The molecule has 2 N–H and O–H groups in total. The Balaban J connectivity index is 1.72. The van der Waals surface area contributed by atoms with Crippen molar-refractivity contribution < 1.29 is 14.4 Å². The van der Waals surface area contributed by atoms with E-state index in [1.54, 1.807) is 12.1 Å². The molecule has 0 aromatic heterocycles. The summed E-state index contributed by atoms with van der Waals surface area (Å²) >= 11 is 0. The van der Waals surface area contributed by atoms with Gasteiger partial charge in [-0.15, -0.1) is 0 Å². The Labute approximate surface area is 191 Å². The number of urea groups is 1. The van der Waals surface area contributed by atoms with Gasteiger partial charge in [0.2, 0.25) is 5.91 Å². The molecule has 2 unspecified atom stereocenters. The summed E-state index contributed by atoms with van der Waals surface area (Å²) in [7, 11) is 0. The highest BCUT2D eigenvalue weighted by Crippen LogP contribution is 2.26. The number of likely N-dealkylation sites (tertiary alicyclic amines) is 2. The average molecular weight is 443 g/mol. The Morgan fingerprint density at radius 1 is 0.969 bits per heavy atom. The Morgan fingerprint density at radius 2 is 1.62 bits per heavy atom. The maximum absolute atomic E-state index is 13.6. The van der Waals surface area contributed by atoms with Crippen molar-refractivity contribution in [2.24, 2.45) is 5.92 Å². The lowest BCUT2D eigenvalue weighted by Crippen LogP contribution is -2.58. The molecular weight excluding hydrogens is 404 g/mol. The van der Waals surface area contributed by atoms with Crippen LogP contribution >= 0.6 is 0 Å². The zero-order valence-electron chi connectivity index (χ0n) is 19.9. The summed E-state index contributed by atoms with van der Waals surface area (Å²) in [5, 5.41) is 6.06. The first-order valence-electron chi connectivity index (χ1n) is 11.9. The molecule has 0 aliphatic carbocycles. The minimum absolute atomic E-state index is 0.00276. The molecule has 0 bridgehead atoms. The van der Waals surface area contributed by atoms with Gasteiger partial charge in [-0.3, -0.25) is 9.59 Å². The van der Waals surface area contributed by atoms with Gasteiger partial charge in [0.1, 0.15) is 6.04 Å². The Morgan fingerprint density at radius 3 is 2.22 bits per heavy atom. The lowest BCUT2D eigenvalue weighted by atomic mass is 9.87. The van der Waals surface area contributed by atoms with E-state index in [9.17, 15) is 14.4 Å². The second-order valence-electron chi connectivity index (χ2n) is 10.2. The number of carbonyl (C=O) groups is 3. The maximum Gasteiger partial charge on any atom is 0.317 e. The molecule has 32 heavy (non-hydrogen) atoms. The van der Waals surface area contributed by atoms with Gasteiger partial charge in [-0.2, -0.15) is 0 Å². The highest BCUT2D eigenvalue weighted by atomic mass is 16.2. The second-order valence-corrected chi connectivity index (χ2v) is 10.2. The van der Waals surface area contributed by atoms with Crippen LogP contribution < -0.4 is 10.6 Å². The smallest absolute Gasteiger partial charge is 0.317 e. The first kappa shape index (κ1) is 24.1. The lowest BCUT2D eigenvalue weighted by Gasteiger charge is -2.41. The summed E-state index contributed by atoms with van der Waals surface area (Å²) in [6, 6.07) is 8.58. The molecule has 2 aliphatic heterocycles. The number of piperidine rings is 2. The van der Waals surface area contributed by atoms with E-state index in [4.69, 9.17) is 0 Å². The van der Waals surface area contributed by atoms with E-state index in [1.165, 1.54) is 0 Å². The fourth-order valence-corrected chi connectivity index (χ4v) is 4.64. The van der Waals surface area contributed by atoms with Gasteiger partial charge in [0.05, 0.1) is 0 Å². The molecule has 0 radical (unpaired) electrons. The van der Waals surface area contributed by atoms with Crippen LogP contribution in [0, 0.1) is 5.92 Å². The molecule has 1 aromatic rings. The van der Waals surface area contributed by atoms with E-state index in [-0.39, 0.29) is 35.3 Å². The van der Waals surface area contributed by atoms with Crippen molar-refractivity contribution in [2.75, 3.05) is 19.6 Å². The highest BCUT2D eigenvalue weighted by molar-refractivity contribution is 5.97. The van der Waals surface area contributed by atoms with Gasteiger partial charge in [-0.1, -0.05) is 18.2 Å². The number of amides is 4. The maximum atomic E-state index is 13.6. The molecule has 0 saturated carbocycles. The van der Waals surface area contributed by atoms with E-state index < -0.39 is 6.04 Å². The van der Waals surface area contributed by atoms with Gasteiger partial charge in [0.15, 0.2) is 0 Å². The number of nitrogens with zero attached hydrogens (tertiary/aromatic N) is 2. The zero-order valence-corrected chi connectivity index (χ0v) is 19.9. The first-order valence-corrected chi connectivity index (χ1v) is 11.9. The van der Waals surface area contributed by atoms with Gasteiger partial charge in [-0.25, -0.2) is 4.79 Å². The summed E-state index contributed by atoms with van der Waals surface area (Å²) in [5.41, 5.74) is 0.263. The molecule has 7 heteroatoms. The number of hydrogen-bond acceptors (Lipinski definition) is 3. The number of hydrogen-bond donors (Lipinski definition) is 2. The van der Waals surface area contributed by atoms with Gasteiger partial charge in [0.25, 0.3) is 5.91 Å². The highest BCUT2D eigenvalue weighted by Gasteiger charge is 2.38. The van der Waals surface area contributed by atoms with Crippen LogP contribution in [-0.2, 0) is 4.79 Å². The van der Waals surface area contributed by atoms with E-state index in [0.29, 0.717) is 31.5 Å². The van der Waals surface area contributed by atoms with Gasteiger partial charge in [0, 0.05) is 36.8 Å². The van der Waals surface area contributed by atoms with Crippen molar-refractivity contribution in [3.05, 3.63) is 35.9 Å².